The Labute approximate surface area is 120 Å². The molecule has 0 saturated carbocycles. The SMILES string of the molecule is CC(NCc1cc([N+](=O)[O-])ccc1Cl)c1nncn1C. The molecule has 8 heteroatoms. The molecule has 0 aliphatic carbocycles. The van der Waals surface area contributed by atoms with E-state index in [-0.39, 0.29) is 11.7 Å². The Kier molecular flexibility index (Phi) is 4.31. The highest BCUT2D eigenvalue weighted by Gasteiger charge is 2.13. The zero-order chi connectivity index (χ0) is 14.7. The van der Waals surface area contributed by atoms with Crippen molar-refractivity contribution < 1.29 is 4.92 Å². The van der Waals surface area contributed by atoms with Crippen LogP contribution in [-0.2, 0) is 13.6 Å². The van der Waals surface area contributed by atoms with E-state index < -0.39 is 4.92 Å². The molecule has 1 atom stereocenters. The van der Waals surface area contributed by atoms with Crippen LogP contribution in [0.1, 0.15) is 24.4 Å². The maximum Gasteiger partial charge on any atom is 0.269 e. The Balaban J connectivity index is 2.09. The molecule has 0 radical (unpaired) electrons. The fourth-order valence-corrected chi connectivity index (χ4v) is 2.03. The third-order valence-corrected chi connectivity index (χ3v) is 3.34. The minimum Gasteiger partial charge on any atom is -0.319 e. The molecule has 1 unspecified atom stereocenters. The Morgan fingerprint density at radius 2 is 2.30 bits per heavy atom. The number of halogens is 1. The molecule has 0 aliphatic heterocycles. The Morgan fingerprint density at radius 1 is 1.55 bits per heavy atom. The third-order valence-electron chi connectivity index (χ3n) is 2.97. The van der Waals surface area contributed by atoms with Crippen molar-refractivity contribution in [3.8, 4) is 0 Å². The molecule has 0 aliphatic rings. The number of nitrogens with one attached hydrogen (secondary N) is 1. The lowest BCUT2D eigenvalue weighted by molar-refractivity contribution is -0.384. The minimum absolute atomic E-state index is 0.0255. The highest BCUT2D eigenvalue weighted by molar-refractivity contribution is 6.31. The van der Waals surface area contributed by atoms with Crippen LogP contribution in [0, 0.1) is 10.1 Å². The number of aryl methyl sites for hydroxylation is 1. The zero-order valence-corrected chi connectivity index (χ0v) is 11.8. The van der Waals surface area contributed by atoms with Crippen LogP contribution in [0.3, 0.4) is 0 Å². The molecule has 2 rings (SSSR count). The average molecular weight is 296 g/mol. The molecule has 106 valence electrons. The summed E-state index contributed by atoms with van der Waals surface area (Å²) in [7, 11) is 1.86. The number of nitro groups is 1. The molecule has 0 fully saturated rings. The van der Waals surface area contributed by atoms with Gasteiger partial charge in [-0.25, -0.2) is 0 Å². The van der Waals surface area contributed by atoms with Gasteiger partial charge in [-0.1, -0.05) is 11.6 Å². The van der Waals surface area contributed by atoms with E-state index in [1.54, 1.807) is 6.33 Å². The van der Waals surface area contributed by atoms with Crippen molar-refractivity contribution in [2.75, 3.05) is 0 Å². The first-order chi connectivity index (χ1) is 9.49. The van der Waals surface area contributed by atoms with Gasteiger partial charge in [0.2, 0.25) is 0 Å². The van der Waals surface area contributed by atoms with E-state index in [1.165, 1.54) is 18.2 Å². The smallest absolute Gasteiger partial charge is 0.269 e. The number of nitro benzene ring substituents is 1. The Morgan fingerprint density at radius 3 is 2.90 bits per heavy atom. The molecule has 1 N–H and O–H groups in total. The summed E-state index contributed by atoms with van der Waals surface area (Å²) in [4.78, 5) is 10.3. The van der Waals surface area contributed by atoms with Gasteiger partial charge in [-0.05, 0) is 18.6 Å². The van der Waals surface area contributed by atoms with Gasteiger partial charge in [-0.3, -0.25) is 10.1 Å². The summed E-state index contributed by atoms with van der Waals surface area (Å²) < 4.78 is 1.81. The van der Waals surface area contributed by atoms with Crippen LogP contribution in [0.2, 0.25) is 5.02 Å². The van der Waals surface area contributed by atoms with Crippen LogP contribution in [-0.4, -0.2) is 19.7 Å². The number of benzene rings is 1. The summed E-state index contributed by atoms with van der Waals surface area (Å²) in [6.45, 7) is 2.35. The molecule has 1 aromatic heterocycles. The monoisotopic (exact) mass is 295 g/mol. The second kappa shape index (κ2) is 5.98. The van der Waals surface area contributed by atoms with Gasteiger partial charge in [0.05, 0.1) is 11.0 Å². The van der Waals surface area contributed by atoms with Gasteiger partial charge in [0, 0.05) is 30.7 Å². The second-order valence-electron chi connectivity index (χ2n) is 4.44. The van der Waals surface area contributed by atoms with Crippen molar-refractivity contribution in [2.45, 2.75) is 19.5 Å². The first-order valence-corrected chi connectivity index (χ1v) is 6.37. The summed E-state index contributed by atoms with van der Waals surface area (Å²) in [6.07, 6.45) is 1.62. The predicted molar refractivity (Wildman–Crippen MR) is 74.4 cm³/mol. The van der Waals surface area contributed by atoms with Crippen molar-refractivity contribution in [2.24, 2.45) is 7.05 Å². The van der Waals surface area contributed by atoms with E-state index in [0.29, 0.717) is 17.1 Å². The topological polar surface area (TPSA) is 85.9 Å². The van der Waals surface area contributed by atoms with Crippen LogP contribution in [0.15, 0.2) is 24.5 Å². The fraction of sp³-hybridized carbons (Fsp3) is 0.333. The molecule has 0 saturated heterocycles. The number of hydrogen-bond acceptors (Lipinski definition) is 5. The van der Waals surface area contributed by atoms with Crippen molar-refractivity contribution in [1.29, 1.82) is 0 Å². The number of non-ortho nitro benzene ring substituents is 1. The standard InChI is InChI=1S/C12H14ClN5O2/c1-8(12-16-15-7-17(12)2)14-6-9-5-10(18(19)20)3-4-11(9)13/h3-5,7-8,14H,6H2,1-2H3. The average Bonchev–Trinajstić information content (AvgIpc) is 2.83. The van der Waals surface area contributed by atoms with Crippen LogP contribution >= 0.6 is 11.6 Å². The third kappa shape index (κ3) is 3.12. The van der Waals surface area contributed by atoms with Gasteiger partial charge >= 0.3 is 0 Å². The number of rotatable bonds is 5. The lowest BCUT2D eigenvalue weighted by Gasteiger charge is -2.13. The molecule has 0 spiro atoms. The van der Waals surface area contributed by atoms with E-state index in [1.807, 2.05) is 18.5 Å². The van der Waals surface area contributed by atoms with E-state index in [4.69, 9.17) is 11.6 Å². The van der Waals surface area contributed by atoms with Crippen LogP contribution < -0.4 is 5.32 Å². The summed E-state index contributed by atoms with van der Waals surface area (Å²) in [5, 5.41) is 22.3. The van der Waals surface area contributed by atoms with Gasteiger partial charge in [-0.15, -0.1) is 10.2 Å². The maximum atomic E-state index is 10.8. The molecule has 0 bridgehead atoms. The van der Waals surface area contributed by atoms with E-state index in [2.05, 4.69) is 15.5 Å². The van der Waals surface area contributed by atoms with Crippen molar-refractivity contribution >= 4 is 17.3 Å². The van der Waals surface area contributed by atoms with Gasteiger partial charge in [0.1, 0.15) is 12.2 Å². The molecule has 2 aromatic rings. The van der Waals surface area contributed by atoms with Crippen LogP contribution in [0.5, 0.6) is 0 Å². The van der Waals surface area contributed by atoms with Crippen LogP contribution in [0.25, 0.3) is 0 Å². The molecule has 1 aromatic carbocycles. The molecule has 0 amide bonds. The molecular formula is C12H14ClN5O2. The van der Waals surface area contributed by atoms with Crippen LogP contribution in [0.4, 0.5) is 5.69 Å². The molecule has 7 nitrogen and oxygen atoms in total. The summed E-state index contributed by atoms with van der Waals surface area (Å²) >= 11 is 6.04. The minimum atomic E-state index is -0.439. The highest BCUT2D eigenvalue weighted by atomic mass is 35.5. The Hall–Kier alpha value is -1.99. The van der Waals surface area contributed by atoms with Crippen molar-refractivity contribution in [1.82, 2.24) is 20.1 Å². The molecule has 20 heavy (non-hydrogen) atoms. The summed E-state index contributed by atoms with van der Waals surface area (Å²) in [5.41, 5.74) is 0.701. The lowest BCUT2D eigenvalue weighted by atomic mass is 10.2. The first-order valence-electron chi connectivity index (χ1n) is 5.99. The molecule has 1 heterocycles. The van der Waals surface area contributed by atoms with Gasteiger partial charge in [-0.2, -0.15) is 0 Å². The lowest BCUT2D eigenvalue weighted by Crippen LogP contribution is -2.21. The van der Waals surface area contributed by atoms with E-state index in [9.17, 15) is 10.1 Å². The fourth-order valence-electron chi connectivity index (χ4n) is 1.85. The van der Waals surface area contributed by atoms with Crippen molar-refractivity contribution in [3.63, 3.8) is 0 Å². The van der Waals surface area contributed by atoms with E-state index >= 15 is 0 Å². The quantitative estimate of drug-likeness (QED) is 0.675. The normalized spacial score (nSPS) is 12.3. The summed E-state index contributed by atoms with van der Waals surface area (Å²) in [6, 6.07) is 4.35. The highest BCUT2D eigenvalue weighted by Crippen LogP contribution is 2.22. The Bertz CT molecular complexity index is 628. The van der Waals surface area contributed by atoms with E-state index in [0.717, 1.165) is 5.82 Å². The zero-order valence-electron chi connectivity index (χ0n) is 11.1. The predicted octanol–water partition coefficient (Wildman–Crippen LogP) is 2.23. The van der Waals surface area contributed by atoms with Gasteiger partial charge in [0.25, 0.3) is 5.69 Å². The number of nitrogens with zero attached hydrogens (tertiary/aromatic N) is 4. The first kappa shape index (κ1) is 14.4. The largest absolute Gasteiger partial charge is 0.319 e. The number of hydrogen-bond donors (Lipinski definition) is 1. The maximum absolute atomic E-state index is 10.8. The molecular weight excluding hydrogens is 282 g/mol. The second-order valence-corrected chi connectivity index (χ2v) is 4.84. The summed E-state index contributed by atoms with van der Waals surface area (Å²) in [5.74, 6) is 0.784. The number of aromatic nitrogens is 3. The van der Waals surface area contributed by atoms with Gasteiger partial charge in [0.15, 0.2) is 0 Å². The van der Waals surface area contributed by atoms with Gasteiger partial charge < -0.3 is 9.88 Å². The van der Waals surface area contributed by atoms with Crippen molar-refractivity contribution in [3.05, 3.63) is 51.1 Å².